The predicted octanol–water partition coefficient (Wildman–Crippen LogP) is 11.9. The van der Waals surface area contributed by atoms with Crippen molar-refractivity contribution < 1.29 is 0 Å². The second-order valence-electron chi connectivity index (χ2n) is 17.4. The molecule has 0 aromatic carbocycles. The third kappa shape index (κ3) is 38.4. The summed E-state index contributed by atoms with van der Waals surface area (Å²) in [7, 11) is 0. The highest BCUT2D eigenvalue weighted by Gasteiger charge is 2.11. The largest absolute Gasteiger partial charge is 0.287 e. The molecule has 0 aliphatic heterocycles. The highest BCUT2D eigenvalue weighted by molar-refractivity contribution is 5.98. The van der Waals surface area contributed by atoms with E-state index in [1.54, 1.807) is 0 Å². The fourth-order valence-electron chi connectivity index (χ4n) is 3.30. The molecule has 3 nitrogen and oxygen atoms in total. The summed E-state index contributed by atoms with van der Waals surface area (Å²) in [4.78, 5) is 13.6. The second-order valence-corrected chi connectivity index (χ2v) is 17.4. The maximum Gasteiger partial charge on any atom is 0.0527 e. The Morgan fingerprint density at radius 3 is 1.18 bits per heavy atom. The van der Waals surface area contributed by atoms with Gasteiger partial charge in [0.1, 0.15) is 0 Å². The van der Waals surface area contributed by atoms with Crippen molar-refractivity contribution in [2.45, 2.75) is 169 Å². The summed E-state index contributed by atoms with van der Waals surface area (Å²) in [5.74, 6) is 0. The molecule has 0 aromatic rings. The number of hydrogen-bond donors (Lipinski definition) is 0. The zero-order valence-corrected chi connectivity index (χ0v) is 31.2. The van der Waals surface area contributed by atoms with E-state index in [9.17, 15) is 0 Å². The Kier molecular flexibility index (Phi) is 17.7. The Labute approximate surface area is 253 Å². The second kappa shape index (κ2) is 16.6. The van der Waals surface area contributed by atoms with Crippen molar-refractivity contribution in [3.05, 3.63) is 35.5 Å². The van der Waals surface area contributed by atoms with Crippen LogP contribution >= 0.6 is 0 Å². The monoisotopic (exact) mass is 558 g/mol. The standard InChI is InChI=1S/C13H25N.2C12H23N/c1-10(9-12(3,4)5)11(2)14-13(6,7)8;1-10(8-11(2,3)4)9-13-12(5,6)7;1-10(13-12(5,6)7)8-9-11(2,3)4/h9H,1-8H3;2*8-9H,1-7H3/b10-9-,14-11?;10-8-,13-9?;9-8-,13-10?. The van der Waals surface area contributed by atoms with Gasteiger partial charge < -0.3 is 0 Å². The van der Waals surface area contributed by atoms with E-state index >= 15 is 0 Å². The summed E-state index contributed by atoms with van der Waals surface area (Å²) in [5.41, 5.74) is 5.59. The Balaban J connectivity index is -0.000000514. The molecule has 0 unspecified atom stereocenters. The van der Waals surface area contributed by atoms with Crippen molar-refractivity contribution in [2.24, 2.45) is 31.2 Å². The van der Waals surface area contributed by atoms with E-state index in [0.717, 1.165) is 11.4 Å². The van der Waals surface area contributed by atoms with Gasteiger partial charge >= 0.3 is 0 Å². The van der Waals surface area contributed by atoms with Crippen LogP contribution in [0.15, 0.2) is 50.4 Å². The van der Waals surface area contributed by atoms with E-state index in [1.165, 1.54) is 11.1 Å². The van der Waals surface area contributed by atoms with Crippen LogP contribution in [0.4, 0.5) is 0 Å². The van der Waals surface area contributed by atoms with Crippen LogP contribution in [-0.2, 0) is 0 Å². The number of aliphatic imine (C=N–C) groups is 3. The molecule has 40 heavy (non-hydrogen) atoms. The molecule has 0 heterocycles. The Hall–Kier alpha value is -1.77. The van der Waals surface area contributed by atoms with Gasteiger partial charge in [-0.3, -0.25) is 15.0 Å². The maximum atomic E-state index is 4.64. The van der Waals surface area contributed by atoms with Crippen molar-refractivity contribution in [1.82, 2.24) is 0 Å². The Morgan fingerprint density at radius 2 is 0.875 bits per heavy atom. The van der Waals surface area contributed by atoms with Crippen LogP contribution in [0.2, 0.25) is 0 Å². The van der Waals surface area contributed by atoms with E-state index in [2.05, 4.69) is 185 Å². The van der Waals surface area contributed by atoms with Crippen molar-refractivity contribution in [2.75, 3.05) is 0 Å². The molecular formula is C37H71N3. The number of hydrogen-bond acceptors (Lipinski definition) is 3. The van der Waals surface area contributed by atoms with E-state index < -0.39 is 0 Å². The zero-order chi connectivity index (χ0) is 33.0. The summed E-state index contributed by atoms with van der Waals surface area (Å²) in [6, 6.07) is 0. The molecule has 0 radical (unpaired) electrons. The minimum atomic E-state index is 0.0249. The fourth-order valence-corrected chi connectivity index (χ4v) is 3.30. The molecule has 0 aromatic heterocycles. The molecule has 0 amide bonds. The summed E-state index contributed by atoms with van der Waals surface area (Å²) in [6.07, 6.45) is 10.8. The Morgan fingerprint density at radius 1 is 0.475 bits per heavy atom. The van der Waals surface area contributed by atoms with Crippen LogP contribution in [0.3, 0.4) is 0 Å². The van der Waals surface area contributed by atoms with E-state index in [4.69, 9.17) is 0 Å². The molecule has 0 aliphatic carbocycles. The van der Waals surface area contributed by atoms with Gasteiger partial charge in [0.15, 0.2) is 0 Å². The molecule has 0 atom stereocenters. The molecular weight excluding hydrogens is 486 g/mol. The van der Waals surface area contributed by atoms with Crippen LogP contribution in [0, 0.1) is 16.2 Å². The third-order valence-corrected chi connectivity index (χ3v) is 4.38. The average Bonchev–Trinajstić information content (AvgIpc) is 2.59. The molecule has 0 aliphatic rings. The molecule has 0 saturated heterocycles. The SMILES string of the molecule is C/C(C=NC(C)(C)C)=C/C(C)(C)C.CC(/C=C\C(C)(C)C)=NC(C)(C)C.CC(=NC(C)(C)C)/C(C)=C\C(C)(C)C. The van der Waals surface area contributed by atoms with Gasteiger partial charge in [-0.15, -0.1) is 0 Å². The summed E-state index contributed by atoms with van der Waals surface area (Å²) in [6.45, 7) is 47.2. The van der Waals surface area contributed by atoms with E-state index in [1.807, 2.05) is 13.1 Å². The van der Waals surface area contributed by atoms with Gasteiger partial charge in [0.05, 0.1) is 16.6 Å². The van der Waals surface area contributed by atoms with Gasteiger partial charge in [-0.05, 0) is 123 Å². The topological polar surface area (TPSA) is 37.1 Å². The summed E-state index contributed by atoms with van der Waals surface area (Å²) < 4.78 is 0. The third-order valence-electron chi connectivity index (χ3n) is 4.38. The van der Waals surface area contributed by atoms with Crippen LogP contribution in [0.25, 0.3) is 0 Å². The minimum Gasteiger partial charge on any atom is -0.287 e. The first-order valence-electron chi connectivity index (χ1n) is 15.0. The van der Waals surface area contributed by atoms with Crippen LogP contribution in [0.5, 0.6) is 0 Å². The molecule has 0 N–H and O–H groups in total. The molecule has 0 rings (SSSR count). The highest BCUT2D eigenvalue weighted by Crippen LogP contribution is 2.20. The number of rotatable bonds is 3. The first-order chi connectivity index (χ1) is 17.2. The maximum absolute atomic E-state index is 4.64. The van der Waals surface area contributed by atoms with Gasteiger partial charge in [0.25, 0.3) is 0 Å². The first-order valence-corrected chi connectivity index (χ1v) is 15.0. The predicted molar refractivity (Wildman–Crippen MR) is 189 cm³/mol. The Bertz CT molecular complexity index is 829. The lowest BCUT2D eigenvalue weighted by Crippen LogP contribution is -2.14. The van der Waals surface area contributed by atoms with Gasteiger partial charge in [0.2, 0.25) is 0 Å². The highest BCUT2D eigenvalue weighted by atomic mass is 14.8. The van der Waals surface area contributed by atoms with Crippen molar-refractivity contribution in [3.63, 3.8) is 0 Å². The number of nitrogens with zero attached hydrogens (tertiary/aromatic N) is 3. The molecule has 0 spiro atoms. The normalized spacial score (nSPS) is 15.7. The van der Waals surface area contributed by atoms with Gasteiger partial charge in [-0.1, -0.05) is 80.5 Å². The summed E-state index contributed by atoms with van der Waals surface area (Å²) in [5, 5.41) is 0. The first kappa shape index (κ1) is 42.7. The lowest BCUT2D eigenvalue weighted by atomic mass is 9.92. The minimum absolute atomic E-state index is 0.0249. The van der Waals surface area contributed by atoms with Gasteiger partial charge in [-0.25, -0.2) is 0 Å². The van der Waals surface area contributed by atoms with E-state index in [-0.39, 0.29) is 32.9 Å². The zero-order valence-electron chi connectivity index (χ0n) is 31.2. The summed E-state index contributed by atoms with van der Waals surface area (Å²) >= 11 is 0. The van der Waals surface area contributed by atoms with Crippen molar-refractivity contribution in [3.8, 4) is 0 Å². The molecule has 0 saturated carbocycles. The molecule has 0 bridgehead atoms. The van der Waals surface area contributed by atoms with Crippen molar-refractivity contribution in [1.29, 1.82) is 0 Å². The average molecular weight is 558 g/mol. The molecule has 0 fully saturated rings. The fraction of sp³-hybridized carbons (Fsp3) is 0.757. The quantitative estimate of drug-likeness (QED) is 0.309. The molecule has 3 heteroatoms. The lowest BCUT2D eigenvalue weighted by Gasteiger charge is -2.17. The van der Waals surface area contributed by atoms with Gasteiger partial charge in [0, 0.05) is 17.6 Å². The molecule has 234 valence electrons. The smallest absolute Gasteiger partial charge is 0.0527 e. The van der Waals surface area contributed by atoms with E-state index in [0.29, 0.717) is 0 Å². The van der Waals surface area contributed by atoms with Crippen LogP contribution in [-0.4, -0.2) is 34.3 Å². The number of allylic oxidation sites excluding steroid dienone is 6. The van der Waals surface area contributed by atoms with Crippen LogP contribution < -0.4 is 0 Å². The lowest BCUT2D eigenvalue weighted by molar-refractivity contribution is 0.541. The van der Waals surface area contributed by atoms with Crippen molar-refractivity contribution >= 4 is 17.6 Å². The van der Waals surface area contributed by atoms with Crippen LogP contribution in [0.1, 0.15) is 152 Å². The van der Waals surface area contributed by atoms with Gasteiger partial charge in [-0.2, -0.15) is 0 Å².